The Bertz CT molecular complexity index is 446. The van der Waals surface area contributed by atoms with Gasteiger partial charge < -0.3 is 4.90 Å². The summed E-state index contributed by atoms with van der Waals surface area (Å²) in [5.74, 6) is -0.0842. The van der Waals surface area contributed by atoms with Crippen molar-refractivity contribution in [2.75, 3.05) is 31.1 Å². The minimum Gasteiger partial charge on any atom is -0.368 e. The van der Waals surface area contributed by atoms with E-state index in [2.05, 4.69) is 25.7 Å². The van der Waals surface area contributed by atoms with E-state index < -0.39 is 0 Å². The zero-order valence-electron chi connectivity index (χ0n) is 11.1. The highest BCUT2D eigenvalue weighted by Crippen LogP contribution is 2.28. The van der Waals surface area contributed by atoms with Gasteiger partial charge in [-0.25, -0.2) is 4.39 Å². The molecule has 2 saturated heterocycles. The molecular weight excluding hydrogens is 307 g/mol. The maximum atomic E-state index is 14.1. The largest absolute Gasteiger partial charge is 0.368 e. The van der Waals surface area contributed by atoms with E-state index in [4.69, 9.17) is 0 Å². The molecule has 0 amide bonds. The minimum atomic E-state index is -0.0842. The van der Waals surface area contributed by atoms with Gasteiger partial charge in [0, 0.05) is 24.5 Å². The average molecular weight is 327 g/mol. The number of nitrogens with zero attached hydrogens (tertiary/aromatic N) is 2. The standard InChI is InChI=1S/C15H20BrFN2/c16-10-12-3-4-15(14(17)9-12)19-8-5-13(11-19)18-6-1-2-7-18/h3-4,9,13H,1-2,5-8,10-11H2. The summed E-state index contributed by atoms with van der Waals surface area (Å²) >= 11 is 3.37. The van der Waals surface area contributed by atoms with Crippen molar-refractivity contribution in [1.29, 1.82) is 0 Å². The quantitative estimate of drug-likeness (QED) is 0.785. The van der Waals surface area contributed by atoms with Crippen LogP contribution in [0.4, 0.5) is 10.1 Å². The Morgan fingerprint density at radius 1 is 1.21 bits per heavy atom. The van der Waals surface area contributed by atoms with Crippen LogP contribution in [0.2, 0.25) is 0 Å². The summed E-state index contributed by atoms with van der Waals surface area (Å²) in [4.78, 5) is 4.78. The molecule has 1 unspecified atom stereocenters. The van der Waals surface area contributed by atoms with Crippen LogP contribution in [0.1, 0.15) is 24.8 Å². The number of benzene rings is 1. The van der Waals surface area contributed by atoms with E-state index >= 15 is 0 Å². The third-order valence-corrected chi connectivity index (χ3v) is 4.97. The lowest BCUT2D eigenvalue weighted by molar-refractivity contribution is 0.260. The third kappa shape index (κ3) is 2.79. The van der Waals surface area contributed by atoms with Crippen LogP contribution in [0.25, 0.3) is 0 Å². The van der Waals surface area contributed by atoms with Crippen molar-refractivity contribution in [3.8, 4) is 0 Å². The highest BCUT2D eigenvalue weighted by molar-refractivity contribution is 9.08. The van der Waals surface area contributed by atoms with Gasteiger partial charge in [-0.15, -0.1) is 0 Å². The lowest BCUT2D eigenvalue weighted by atomic mass is 10.2. The van der Waals surface area contributed by atoms with E-state index in [1.807, 2.05) is 12.1 Å². The topological polar surface area (TPSA) is 6.48 Å². The minimum absolute atomic E-state index is 0.0842. The molecule has 2 fully saturated rings. The van der Waals surface area contributed by atoms with Gasteiger partial charge in [-0.2, -0.15) is 0 Å². The van der Waals surface area contributed by atoms with Crippen LogP contribution in [0.15, 0.2) is 18.2 Å². The zero-order chi connectivity index (χ0) is 13.2. The fraction of sp³-hybridized carbons (Fsp3) is 0.600. The first-order valence-corrected chi connectivity index (χ1v) is 8.23. The first kappa shape index (κ1) is 13.4. The summed E-state index contributed by atoms with van der Waals surface area (Å²) in [6.45, 7) is 4.41. The van der Waals surface area contributed by atoms with Gasteiger partial charge in [0.2, 0.25) is 0 Å². The molecule has 0 bridgehead atoms. The van der Waals surface area contributed by atoms with E-state index in [9.17, 15) is 4.39 Å². The molecule has 104 valence electrons. The molecule has 2 nitrogen and oxygen atoms in total. The maximum absolute atomic E-state index is 14.1. The molecule has 0 radical (unpaired) electrons. The monoisotopic (exact) mass is 326 g/mol. The molecule has 3 rings (SSSR count). The zero-order valence-corrected chi connectivity index (χ0v) is 12.7. The van der Waals surface area contributed by atoms with E-state index in [1.54, 1.807) is 6.07 Å². The van der Waals surface area contributed by atoms with Crippen LogP contribution in [0.5, 0.6) is 0 Å². The number of anilines is 1. The molecule has 2 heterocycles. The van der Waals surface area contributed by atoms with Crippen LogP contribution < -0.4 is 4.90 Å². The molecule has 19 heavy (non-hydrogen) atoms. The Morgan fingerprint density at radius 2 is 2.00 bits per heavy atom. The van der Waals surface area contributed by atoms with Gasteiger partial charge in [0.05, 0.1) is 5.69 Å². The van der Waals surface area contributed by atoms with Crippen molar-refractivity contribution in [2.24, 2.45) is 0 Å². The summed E-state index contributed by atoms with van der Waals surface area (Å²) in [6, 6.07) is 6.21. The van der Waals surface area contributed by atoms with E-state index in [-0.39, 0.29) is 5.82 Å². The fourth-order valence-electron chi connectivity index (χ4n) is 3.26. The lowest BCUT2D eigenvalue weighted by Crippen LogP contribution is -2.35. The van der Waals surface area contributed by atoms with Gasteiger partial charge in [0.15, 0.2) is 0 Å². The summed E-state index contributed by atoms with van der Waals surface area (Å²) in [5.41, 5.74) is 1.77. The highest BCUT2D eigenvalue weighted by Gasteiger charge is 2.30. The first-order chi connectivity index (χ1) is 9.28. The summed E-state index contributed by atoms with van der Waals surface area (Å²) in [5, 5.41) is 0.709. The SMILES string of the molecule is Fc1cc(CBr)ccc1N1CCC(N2CCCC2)C1. The van der Waals surface area contributed by atoms with Crippen molar-refractivity contribution in [1.82, 2.24) is 4.90 Å². The van der Waals surface area contributed by atoms with E-state index in [0.29, 0.717) is 11.4 Å². The molecule has 1 aromatic carbocycles. The van der Waals surface area contributed by atoms with Gasteiger partial charge in [-0.05, 0) is 50.0 Å². The van der Waals surface area contributed by atoms with Crippen molar-refractivity contribution in [3.63, 3.8) is 0 Å². The van der Waals surface area contributed by atoms with Gasteiger partial charge >= 0.3 is 0 Å². The second-order valence-corrected chi connectivity index (χ2v) is 6.11. The second kappa shape index (κ2) is 5.80. The fourth-order valence-corrected chi connectivity index (χ4v) is 3.60. The van der Waals surface area contributed by atoms with Gasteiger partial charge in [0.1, 0.15) is 5.82 Å². The number of likely N-dealkylation sites (tertiary alicyclic amines) is 1. The average Bonchev–Trinajstić information content (AvgIpc) is 3.09. The molecule has 0 aliphatic carbocycles. The summed E-state index contributed by atoms with van der Waals surface area (Å²) in [6.07, 6.45) is 3.81. The molecular formula is C15H20BrFN2. The van der Waals surface area contributed by atoms with Gasteiger partial charge in [0.25, 0.3) is 0 Å². The van der Waals surface area contributed by atoms with Crippen molar-refractivity contribution >= 4 is 21.6 Å². The van der Waals surface area contributed by atoms with Crippen molar-refractivity contribution < 1.29 is 4.39 Å². The van der Waals surface area contributed by atoms with Crippen molar-refractivity contribution in [2.45, 2.75) is 30.6 Å². The van der Waals surface area contributed by atoms with Gasteiger partial charge in [-0.1, -0.05) is 22.0 Å². The molecule has 4 heteroatoms. The molecule has 0 aromatic heterocycles. The molecule has 2 aliphatic heterocycles. The predicted octanol–water partition coefficient (Wildman–Crippen LogP) is 3.40. The van der Waals surface area contributed by atoms with Gasteiger partial charge in [-0.3, -0.25) is 4.90 Å². The predicted molar refractivity (Wildman–Crippen MR) is 80.5 cm³/mol. The number of hydrogen-bond acceptors (Lipinski definition) is 2. The second-order valence-electron chi connectivity index (χ2n) is 5.55. The lowest BCUT2D eigenvalue weighted by Gasteiger charge is -2.24. The van der Waals surface area contributed by atoms with Crippen LogP contribution in [-0.4, -0.2) is 37.1 Å². The van der Waals surface area contributed by atoms with Crippen LogP contribution in [0.3, 0.4) is 0 Å². The summed E-state index contributed by atoms with van der Waals surface area (Å²) in [7, 11) is 0. The Kier molecular flexibility index (Phi) is 4.08. The molecule has 1 atom stereocenters. The smallest absolute Gasteiger partial charge is 0.146 e. The Morgan fingerprint density at radius 3 is 2.68 bits per heavy atom. The number of hydrogen-bond donors (Lipinski definition) is 0. The normalized spacial score (nSPS) is 24.3. The molecule has 2 aliphatic rings. The number of rotatable bonds is 3. The highest BCUT2D eigenvalue weighted by atomic mass is 79.9. The molecule has 0 spiro atoms. The van der Waals surface area contributed by atoms with Crippen LogP contribution in [0, 0.1) is 5.82 Å². The van der Waals surface area contributed by atoms with E-state index in [0.717, 1.165) is 24.3 Å². The molecule has 0 N–H and O–H groups in total. The molecule has 1 aromatic rings. The Hall–Kier alpha value is -0.610. The number of alkyl halides is 1. The Labute approximate surface area is 122 Å². The number of halogens is 2. The van der Waals surface area contributed by atoms with Crippen molar-refractivity contribution in [3.05, 3.63) is 29.6 Å². The maximum Gasteiger partial charge on any atom is 0.146 e. The van der Waals surface area contributed by atoms with Crippen LogP contribution >= 0.6 is 15.9 Å². The van der Waals surface area contributed by atoms with Crippen LogP contribution in [-0.2, 0) is 5.33 Å². The molecule has 0 saturated carbocycles. The first-order valence-electron chi connectivity index (χ1n) is 7.11. The third-order valence-electron chi connectivity index (χ3n) is 4.33. The van der Waals surface area contributed by atoms with E-state index in [1.165, 1.54) is 32.4 Å². The Balaban J connectivity index is 1.70. The summed E-state index contributed by atoms with van der Waals surface area (Å²) < 4.78 is 14.1.